The molecule has 0 aromatic heterocycles. The second kappa shape index (κ2) is 3.99. The number of hydrogen-bond acceptors (Lipinski definition) is 2. The molecule has 0 aliphatic heterocycles. The van der Waals surface area contributed by atoms with Crippen LogP contribution >= 0.6 is 0 Å². The first-order valence-corrected chi connectivity index (χ1v) is 5.41. The maximum Gasteiger partial charge on any atom is 0.416 e. The lowest BCUT2D eigenvalue weighted by Crippen LogP contribution is -2.21. The van der Waals surface area contributed by atoms with E-state index < -0.39 is 17.2 Å². The lowest BCUT2D eigenvalue weighted by molar-refractivity contribution is -0.137. The number of benzene rings is 1. The number of hydrogen-bond donors (Lipinski definition) is 2. The van der Waals surface area contributed by atoms with Gasteiger partial charge >= 0.3 is 6.18 Å². The molecular weight excluding hydrogens is 231 g/mol. The summed E-state index contributed by atoms with van der Waals surface area (Å²) < 4.78 is 37.6. The summed E-state index contributed by atoms with van der Waals surface area (Å²) in [5, 5.41) is 9.22. The molecule has 1 aliphatic carbocycles. The number of aliphatic hydroxyl groups excluding tert-OH is 1. The highest BCUT2D eigenvalue weighted by molar-refractivity contribution is 5.34. The van der Waals surface area contributed by atoms with E-state index in [1.165, 1.54) is 6.07 Å². The predicted octanol–water partition coefficient (Wildman–Crippen LogP) is 2.13. The summed E-state index contributed by atoms with van der Waals surface area (Å²) in [6, 6.07) is 5.26. The Labute approximate surface area is 97.2 Å². The molecule has 0 heterocycles. The average Bonchev–Trinajstić information content (AvgIpc) is 3.03. The molecule has 0 saturated heterocycles. The number of halogens is 3. The summed E-state index contributed by atoms with van der Waals surface area (Å²) in [4.78, 5) is 0. The molecular formula is C12H14F3NO. The highest BCUT2D eigenvalue weighted by atomic mass is 19.4. The third kappa shape index (κ3) is 2.17. The molecule has 1 aromatic rings. The van der Waals surface area contributed by atoms with Gasteiger partial charge in [0.25, 0.3) is 0 Å². The summed E-state index contributed by atoms with van der Waals surface area (Å²) in [5.41, 5.74) is 5.10. The summed E-state index contributed by atoms with van der Waals surface area (Å²) >= 11 is 0. The molecule has 1 saturated carbocycles. The second-order valence-corrected chi connectivity index (χ2v) is 4.60. The van der Waals surface area contributed by atoms with E-state index in [1.54, 1.807) is 6.07 Å². The van der Waals surface area contributed by atoms with E-state index in [0.717, 1.165) is 12.1 Å². The SMILES string of the molecule is NCC1(CO)CC1c1cccc(C(F)(F)F)c1. The molecule has 2 nitrogen and oxygen atoms in total. The Morgan fingerprint density at radius 3 is 2.59 bits per heavy atom. The zero-order valence-electron chi connectivity index (χ0n) is 9.17. The minimum absolute atomic E-state index is 0.0557. The maximum absolute atomic E-state index is 12.5. The predicted molar refractivity (Wildman–Crippen MR) is 57.4 cm³/mol. The molecule has 0 amide bonds. The maximum atomic E-state index is 12.5. The topological polar surface area (TPSA) is 46.2 Å². The van der Waals surface area contributed by atoms with Crippen LogP contribution in [0.1, 0.15) is 23.5 Å². The van der Waals surface area contributed by atoms with Crippen molar-refractivity contribution >= 4 is 0 Å². The summed E-state index contributed by atoms with van der Waals surface area (Å²) in [7, 11) is 0. The fourth-order valence-corrected chi connectivity index (χ4v) is 2.22. The molecule has 0 bridgehead atoms. The van der Waals surface area contributed by atoms with Gasteiger partial charge in [-0.05, 0) is 24.0 Å². The van der Waals surface area contributed by atoms with Crippen molar-refractivity contribution in [1.29, 1.82) is 0 Å². The number of aliphatic hydroxyl groups is 1. The van der Waals surface area contributed by atoms with Crippen LogP contribution in [0.2, 0.25) is 0 Å². The van der Waals surface area contributed by atoms with E-state index in [2.05, 4.69) is 0 Å². The van der Waals surface area contributed by atoms with Crippen LogP contribution in [0.4, 0.5) is 13.2 Å². The van der Waals surface area contributed by atoms with Gasteiger partial charge in [0.1, 0.15) is 0 Å². The molecule has 0 radical (unpaired) electrons. The Balaban J connectivity index is 2.25. The van der Waals surface area contributed by atoms with Gasteiger partial charge < -0.3 is 10.8 Å². The highest BCUT2D eigenvalue weighted by Crippen LogP contribution is 2.58. The molecule has 1 fully saturated rings. The molecule has 1 aromatic carbocycles. The van der Waals surface area contributed by atoms with E-state index in [-0.39, 0.29) is 12.5 Å². The van der Waals surface area contributed by atoms with E-state index in [0.29, 0.717) is 18.5 Å². The van der Waals surface area contributed by atoms with E-state index in [1.807, 2.05) is 0 Å². The van der Waals surface area contributed by atoms with Crippen molar-refractivity contribution in [2.45, 2.75) is 18.5 Å². The van der Waals surface area contributed by atoms with Crippen molar-refractivity contribution < 1.29 is 18.3 Å². The minimum Gasteiger partial charge on any atom is -0.396 e. The van der Waals surface area contributed by atoms with Gasteiger partial charge in [-0.3, -0.25) is 0 Å². The molecule has 0 spiro atoms. The summed E-state index contributed by atoms with van der Waals surface area (Å²) in [6.45, 7) is 0.217. The summed E-state index contributed by atoms with van der Waals surface area (Å²) in [6.07, 6.45) is -3.67. The van der Waals surface area contributed by atoms with Crippen LogP contribution in [0.15, 0.2) is 24.3 Å². The third-order valence-electron chi connectivity index (χ3n) is 3.53. The lowest BCUT2D eigenvalue weighted by atomic mass is 9.98. The molecule has 1 aliphatic rings. The van der Waals surface area contributed by atoms with Crippen molar-refractivity contribution in [2.75, 3.05) is 13.2 Å². The van der Waals surface area contributed by atoms with Gasteiger partial charge in [-0.2, -0.15) is 13.2 Å². The molecule has 94 valence electrons. The molecule has 3 N–H and O–H groups in total. The van der Waals surface area contributed by atoms with Gasteiger partial charge in [-0.25, -0.2) is 0 Å². The zero-order chi connectivity index (χ0) is 12.7. The molecule has 17 heavy (non-hydrogen) atoms. The van der Waals surface area contributed by atoms with Crippen LogP contribution < -0.4 is 5.73 Å². The Kier molecular flexibility index (Phi) is 2.91. The van der Waals surface area contributed by atoms with Crippen LogP contribution in [0.5, 0.6) is 0 Å². The monoisotopic (exact) mass is 245 g/mol. The standard InChI is InChI=1S/C12H14F3NO/c13-12(14,15)9-3-1-2-8(4-9)10-5-11(10,6-16)7-17/h1-4,10,17H,5-7,16H2. The van der Waals surface area contributed by atoms with Crippen LogP contribution in [0.3, 0.4) is 0 Å². The third-order valence-corrected chi connectivity index (χ3v) is 3.53. The zero-order valence-corrected chi connectivity index (χ0v) is 9.17. The molecule has 2 unspecified atom stereocenters. The molecule has 2 atom stereocenters. The summed E-state index contributed by atoms with van der Waals surface area (Å²) in [5.74, 6) is -0.0557. The first-order valence-electron chi connectivity index (χ1n) is 5.41. The average molecular weight is 245 g/mol. The van der Waals surface area contributed by atoms with Crippen LogP contribution in [-0.2, 0) is 6.18 Å². The number of nitrogens with two attached hydrogens (primary N) is 1. The van der Waals surface area contributed by atoms with Gasteiger partial charge in [-0.1, -0.05) is 18.2 Å². The van der Waals surface area contributed by atoms with Crippen LogP contribution in [0.25, 0.3) is 0 Å². The van der Waals surface area contributed by atoms with Crippen LogP contribution in [0, 0.1) is 5.41 Å². The quantitative estimate of drug-likeness (QED) is 0.857. The van der Waals surface area contributed by atoms with E-state index >= 15 is 0 Å². The fraction of sp³-hybridized carbons (Fsp3) is 0.500. The fourth-order valence-electron chi connectivity index (χ4n) is 2.22. The Morgan fingerprint density at radius 1 is 1.41 bits per heavy atom. The van der Waals surface area contributed by atoms with E-state index in [4.69, 9.17) is 5.73 Å². The minimum atomic E-state index is -4.32. The normalized spacial score (nSPS) is 28.2. The number of rotatable bonds is 3. The van der Waals surface area contributed by atoms with Crippen molar-refractivity contribution in [2.24, 2.45) is 11.1 Å². The molecule has 5 heteroatoms. The molecule has 2 rings (SSSR count). The van der Waals surface area contributed by atoms with Crippen molar-refractivity contribution in [3.63, 3.8) is 0 Å². The van der Waals surface area contributed by atoms with Crippen molar-refractivity contribution in [3.05, 3.63) is 35.4 Å². The highest BCUT2D eigenvalue weighted by Gasteiger charge is 2.53. The van der Waals surface area contributed by atoms with Gasteiger partial charge in [0.15, 0.2) is 0 Å². The number of alkyl halides is 3. The van der Waals surface area contributed by atoms with Crippen LogP contribution in [-0.4, -0.2) is 18.3 Å². The Bertz CT molecular complexity index is 412. The Hall–Kier alpha value is -1.07. The smallest absolute Gasteiger partial charge is 0.396 e. The van der Waals surface area contributed by atoms with Gasteiger partial charge in [-0.15, -0.1) is 0 Å². The van der Waals surface area contributed by atoms with E-state index in [9.17, 15) is 18.3 Å². The Morgan fingerprint density at radius 2 is 2.12 bits per heavy atom. The lowest BCUT2D eigenvalue weighted by Gasteiger charge is -2.12. The first-order chi connectivity index (χ1) is 7.93. The van der Waals surface area contributed by atoms with Gasteiger partial charge in [0, 0.05) is 12.0 Å². The van der Waals surface area contributed by atoms with Crippen molar-refractivity contribution in [3.8, 4) is 0 Å². The van der Waals surface area contributed by atoms with Gasteiger partial charge in [0.2, 0.25) is 0 Å². The first kappa shape index (κ1) is 12.4. The van der Waals surface area contributed by atoms with Gasteiger partial charge in [0.05, 0.1) is 12.2 Å². The largest absolute Gasteiger partial charge is 0.416 e. The van der Waals surface area contributed by atoms with Crippen molar-refractivity contribution in [1.82, 2.24) is 0 Å². The second-order valence-electron chi connectivity index (χ2n) is 4.60.